The van der Waals surface area contributed by atoms with Crippen LogP contribution in [0.15, 0.2) is 18.2 Å². The zero-order chi connectivity index (χ0) is 12.0. The molecule has 0 fully saturated rings. The van der Waals surface area contributed by atoms with Gasteiger partial charge in [-0.3, -0.25) is 0 Å². The normalized spacial score (nSPS) is 10.4. The fourth-order valence-corrected chi connectivity index (χ4v) is 1.28. The van der Waals surface area contributed by atoms with E-state index in [0.29, 0.717) is 6.61 Å². The van der Waals surface area contributed by atoms with E-state index in [4.69, 9.17) is 9.84 Å². The van der Waals surface area contributed by atoms with Crippen molar-refractivity contribution in [3.8, 4) is 0 Å². The molecule has 0 aliphatic carbocycles. The lowest BCUT2D eigenvalue weighted by Crippen LogP contribution is -2.05. The van der Waals surface area contributed by atoms with E-state index >= 15 is 0 Å². The number of carboxylic acids is 1. The second-order valence-electron chi connectivity index (χ2n) is 3.49. The summed E-state index contributed by atoms with van der Waals surface area (Å²) in [6.07, 6.45) is 1.93. The van der Waals surface area contributed by atoms with Crippen molar-refractivity contribution in [1.29, 1.82) is 0 Å². The SMILES string of the molecule is CCCCOCc1cccc(C(=O)O)c1F. The van der Waals surface area contributed by atoms with Crippen molar-refractivity contribution >= 4 is 5.97 Å². The molecule has 0 saturated heterocycles. The van der Waals surface area contributed by atoms with Crippen molar-refractivity contribution in [1.82, 2.24) is 0 Å². The van der Waals surface area contributed by atoms with Gasteiger partial charge in [0, 0.05) is 12.2 Å². The summed E-state index contributed by atoms with van der Waals surface area (Å²) in [5.41, 5.74) is -0.0207. The van der Waals surface area contributed by atoms with Gasteiger partial charge < -0.3 is 9.84 Å². The van der Waals surface area contributed by atoms with Crippen molar-refractivity contribution in [2.24, 2.45) is 0 Å². The first-order valence-corrected chi connectivity index (χ1v) is 5.25. The summed E-state index contributed by atoms with van der Waals surface area (Å²) in [7, 11) is 0. The predicted molar refractivity (Wildman–Crippen MR) is 57.9 cm³/mol. The van der Waals surface area contributed by atoms with Crippen LogP contribution in [0.1, 0.15) is 35.7 Å². The van der Waals surface area contributed by atoms with Crippen LogP contribution in [0.3, 0.4) is 0 Å². The molecule has 4 heteroatoms. The van der Waals surface area contributed by atoms with Gasteiger partial charge in [-0.1, -0.05) is 25.5 Å². The largest absolute Gasteiger partial charge is 0.478 e. The maximum Gasteiger partial charge on any atom is 0.338 e. The van der Waals surface area contributed by atoms with Crippen LogP contribution >= 0.6 is 0 Å². The van der Waals surface area contributed by atoms with Crippen LogP contribution in [0, 0.1) is 5.82 Å². The smallest absolute Gasteiger partial charge is 0.338 e. The third-order valence-electron chi connectivity index (χ3n) is 2.21. The average Bonchev–Trinajstić information content (AvgIpc) is 2.26. The summed E-state index contributed by atoms with van der Waals surface area (Å²) in [6, 6.07) is 4.30. The molecule has 0 saturated carbocycles. The van der Waals surface area contributed by atoms with E-state index in [1.165, 1.54) is 18.2 Å². The third-order valence-corrected chi connectivity index (χ3v) is 2.21. The second-order valence-corrected chi connectivity index (χ2v) is 3.49. The van der Waals surface area contributed by atoms with Gasteiger partial charge in [-0.05, 0) is 12.5 Å². The van der Waals surface area contributed by atoms with Crippen molar-refractivity contribution in [2.45, 2.75) is 26.4 Å². The van der Waals surface area contributed by atoms with Gasteiger partial charge in [-0.2, -0.15) is 0 Å². The molecule has 1 aromatic rings. The minimum Gasteiger partial charge on any atom is -0.478 e. The Morgan fingerprint density at radius 3 is 2.88 bits per heavy atom. The summed E-state index contributed by atoms with van der Waals surface area (Å²) >= 11 is 0. The lowest BCUT2D eigenvalue weighted by molar-refractivity contribution is 0.0690. The highest BCUT2D eigenvalue weighted by molar-refractivity contribution is 5.88. The number of ether oxygens (including phenoxy) is 1. The number of benzene rings is 1. The zero-order valence-corrected chi connectivity index (χ0v) is 9.20. The van der Waals surface area contributed by atoms with Gasteiger partial charge in [0.2, 0.25) is 0 Å². The van der Waals surface area contributed by atoms with Gasteiger partial charge in [0.05, 0.1) is 12.2 Å². The minimum atomic E-state index is -1.26. The topological polar surface area (TPSA) is 46.5 Å². The molecule has 0 atom stereocenters. The van der Waals surface area contributed by atoms with E-state index in [1.807, 2.05) is 6.92 Å². The Labute approximate surface area is 93.9 Å². The molecule has 0 aromatic heterocycles. The Kier molecular flexibility index (Phi) is 4.92. The summed E-state index contributed by atoms with van der Waals surface area (Å²) < 4.78 is 18.8. The minimum absolute atomic E-state index is 0.118. The first kappa shape index (κ1) is 12.6. The molecule has 1 N–H and O–H groups in total. The van der Waals surface area contributed by atoms with Crippen molar-refractivity contribution in [2.75, 3.05) is 6.61 Å². The van der Waals surface area contributed by atoms with E-state index in [2.05, 4.69) is 0 Å². The Hall–Kier alpha value is -1.42. The van der Waals surface area contributed by atoms with Crippen LogP contribution in [-0.2, 0) is 11.3 Å². The van der Waals surface area contributed by atoms with Crippen molar-refractivity contribution in [3.05, 3.63) is 35.1 Å². The third kappa shape index (κ3) is 3.31. The number of rotatable bonds is 6. The first-order chi connectivity index (χ1) is 7.66. The lowest BCUT2D eigenvalue weighted by atomic mass is 10.1. The highest BCUT2D eigenvalue weighted by atomic mass is 19.1. The second kappa shape index (κ2) is 6.23. The Morgan fingerprint density at radius 1 is 1.50 bits per heavy atom. The molecule has 0 unspecified atom stereocenters. The average molecular weight is 226 g/mol. The number of halogens is 1. The van der Waals surface area contributed by atoms with Gasteiger partial charge in [-0.25, -0.2) is 9.18 Å². The van der Waals surface area contributed by atoms with E-state index in [9.17, 15) is 9.18 Å². The lowest BCUT2D eigenvalue weighted by Gasteiger charge is -2.06. The van der Waals surface area contributed by atoms with Crippen LogP contribution in [0.5, 0.6) is 0 Å². The summed E-state index contributed by atoms with van der Waals surface area (Å²) in [5, 5.41) is 8.72. The van der Waals surface area contributed by atoms with E-state index in [1.54, 1.807) is 0 Å². The number of aromatic carboxylic acids is 1. The van der Waals surface area contributed by atoms with Crippen molar-refractivity contribution in [3.63, 3.8) is 0 Å². The summed E-state index contributed by atoms with van der Waals surface area (Å²) in [5.74, 6) is -1.96. The van der Waals surface area contributed by atoms with Gasteiger partial charge in [-0.15, -0.1) is 0 Å². The van der Waals surface area contributed by atoms with Crippen LogP contribution in [0.4, 0.5) is 4.39 Å². The molecule has 3 nitrogen and oxygen atoms in total. The number of hydrogen-bond donors (Lipinski definition) is 1. The Balaban J connectivity index is 2.66. The molecule has 1 aromatic carbocycles. The Bertz CT molecular complexity index is 363. The molecule has 0 aliphatic rings. The van der Waals surface area contributed by atoms with Gasteiger partial charge >= 0.3 is 5.97 Å². The van der Waals surface area contributed by atoms with Crippen LogP contribution in [0.25, 0.3) is 0 Å². The van der Waals surface area contributed by atoms with Gasteiger partial charge in [0.25, 0.3) is 0 Å². The monoisotopic (exact) mass is 226 g/mol. The van der Waals surface area contributed by atoms with E-state index in [0.717, 1.165) is 12.8 Å². The molecular weight excluding hydrogens is 211 g/mol. The quantitative estimate of drug-likeness (QED) is 0.759. The highest BCUT2D eigenvalue weighted by Crippen LogP contribution is 2.14. The Morgan fingerprint density at radius 2 is 2.25 bits per heavy atom. The number of hydrogen-bond acceptors (Lipinski definition) is 2. The fraction of sp³-hybridized carbons (Fsp3) is 0.417. The number of carbonyl (C=O) groups is 1. The van der Waals surface area contributed by atoms with Crippen LogP contribution in [0.2, 0.25) is 0 Å². The first-order valence-electron chi connectivity index (χ1n) is 5.25. The number of unbranched alkanes of at least 4 members (excludes halogenated alkanes) is 1. The maximum atomic E-state index is 13.6. The van der Waals surface area contributed by atoms with Gasteiger partial charge in [0.15, 0.2) is 0 Å². The molecule has 0 aliphatic heterocycles. The molecule has 0 heterocycles. The fourth-order valence-electron chi connectivity index (χ4n) is 1.28. The standard InChI is InChI=1S/C12H15FO3/c1-2-3-7-16-8-9-5-4-6-10(11(9)13)12(14)15/h4-6H,2-3,7-8H2,1H3,(H,14,15). The summed E-state index contributed by atoms with van der Waals surface area (Å²) in [4.78, 5) is 10.7. The number of carboxylic acid groups (broad SMARTS) is 1. The van der Waals surface area contributed by atoms with Crippen LogP contribution in [-0.4, -0.2) is 17.7 Å². The molecule has 88 valence electrons. The van der Waals surface area contributed by atoms with Crippen LogP contribution < -0.4 is 0 Å². The molecule has 1 rings (SSSR count). The predicted octanol–water partition coefficient (Wildman–Crippen LogP) is 2.84. The highest BCUT2D eigenvalue weighted by Gasteiger charge is 2.13. The molecular formula is C12H15FO3. The zero-order valence-electron chi connectivity index (χ0n) is 9.20. The molecule has 16 heavy (non-hydrogen) atoms. The molecule has 0 bridgehead atoms. The molecule has 0 amide bonds. The summed E-state index contributed by atoms with van der Waals surface area (Å²) in [6.45, 7) is 2.72. The molecule has 0 spiro atoms. The van der Waals surface area contributed by atoms with Gasteiger partial charge in [0.1, 0.15) is 5.82 Å². The van der Waals surface area contributed by atoms with E-state index < -0.39 is 11.8 Å². The van der Waals surface area contributed by atoms with Crippen molar-refractivity contribution < 1.29 is 19.0 Å². The van der Waals surface area contributed by atoms with E-state index in [-0.39, 0.29) is 17.7 Å². The maximum absolute atomic E-state index is 13.6. The molecule has 0 radical (unpaired) electrons.